The molecule has 0 unspecified atom stereocenters. The Bertz CT molecular complexity index is 665. The fourth-order valence-corrected chi connectivity index (χ4v) is 2.02. The van der Waals surface area contributed by atoms with Crippen molar-refractivity contribution in [3.05, 3.63) is 39.8 Å². The van der Waals surface area contributed by atoms with Gasteiger partial charge in [0.1, 0.15) is 0 Å². The standard InChI is InChI=1S/C13H18N6O2/c1-9-5-11(19(20)21)12(14-6-9)15-7-10-8-16-13(17(2)3)18(10)4/h5-6,8H,7H2,1-4H3,(H,14,15). The molecule has 2 aromatic heterocycles. The highest BCUT2D eigenvalue weighted by molar-refractivity contribution is 5.56. The quantitative estimate of drug-likeness (QED) is 0.666. The number of rotatable bonds is 5. The topological polar surface area (TPSA) is 89.1 Å². The van der Waals surface area contributed by atoms with Crippen LogP contribution in [0.2, 0.25) is 0 Å². The van der Waals surface area contributed by atoms with Crippen LogP contribution in [0.4, 0.5) is 17.5 Å². The van der Waals surface area contributed by atoms with Gasteiger partial charge in [-0.15, -0.1) is 0 Å². The summed E-state index contributed by atoms with van der Waals surface area (Å²) in [7, 11) is 5.72. The highest BCUT2D eigenvalue weighted by Gasteiger charge is 2.16. The van der Waals surface area contributed by atoms with Crippen LogP contribution in [0.15, 0.2) is 18.5 Å². The number of nitro groups is 1. The molecule has 0 radical (unpaired) electrons. The van der Waals surface area contributed by atoms with Crippen molar-refractivity contribution in [3.63, 3.8) is 0 Å². The summed E-state index contributed by atoms with van der Waals surface area (Å²) in [4.78, 5) is 20.9. The lowest BCUT2D eigenvalue weighted by Gasteiger charge is -2.13. The van der Waals surface area contributed by atoms with E-state index in [0.29, 0.717) is 6.54 Å². The molecule has 0 aliphatic heterocycles. The number of hydrogen-bond donors (Lipinski definition) is 1. The number of nitrogens with one attached hydrogen (secondary N) is 1. The van der Waals surface area contributed by atoms with E-state index in [1.807, 2.05) is 30.6 Å². The van der Waals surface area contributed by atoms with Crippen molar-refractivity contribution in [2.75, 3.05) is 24.3 Å². The van der Waals surface area contributed by atoms with E-state index in [0.717, 1.165) is 17.2 Å². The van der Waals surface area contributed by atoms with Gasteiger partial charge < -0.3 is 14.8 Å². The van der Waals surface area contributed by atoms with Crippen LogP contribution >= 0.6 is 0 Å². The Kier molecular flexibility index (Phi) is 4.06. The van der Waals surface area contributed by atoms with Gasteiger partial charge in [-0.1, -0.05) is 0 Å². The lowest BCUT2D eigenvalue weighted by Crippen LogP contribution is -2.15. The highest BCUT2D eigenvalue weighted by Crippen LogP contribution is 2.23. The third-order valence-electron chi connectivity index (χ3n) is 3.10. The first-order chi connectivity index (χ1) is 9.90. The molecule has 112 valence electrons. The van der Waals surface area contributed by atoms with E-state index >= 15 is 0 Å². The molecule has 1 N–H and O–H groups in total. The first kappa shape index (κ1) is 14.8. The van der Waals surface area contributed by atoms with Crippen LogP contribution in [0.1, 0.15) is 11.3 Å². The first-order valence-electron chi connectivity index (χ1n) is 6.43. The molecular formula is C13H18N6O2. The molecule has 2 rings (SSSR count). The number of aromatic nitrogens is 3. The maximum atomic E-state index is 11.0. The van der Waals surface area contributed by atoms with E-state index in [4.69, 9.17) is 0 Å². The van der Waals surface area contributed by atoms with Crippen LogP contribution in [0.3, 0.4) is 0 Å². The van der Waals surface area contributed by atoms with Crippen LogP contribution < -0.4 is 10.2 Å². The summed E-state index contributed by atoms with van der Waals surface area (Å²) in [6, 6.07) is 1.50. The summed E-state index contributed by atoms with van der Waals surface area (Å²) < 4.78 is 1.92. The van der Waals surface area contributed by atoms with Gasteiger partial charge in [-0.2, -0.15) is 0 Å². The summed E-state index contributed by atoms with van der Waals surface area (Å²) in [6.07, 6.45) is 3.34. The van der Waals surface area contributed by atoms with Crippen molar-refractivity contribution < 1.29 is 4.92 Å². The Morgan fingerprint density at radius 3 is 2.67 bits per heavy atom. The third kappa shape index (κ3) is 3.10. The number of anilines is 2. The average molecular weight is 290 g/mol. The van der Waals surface area contributed by atoms with Gasteiger partial charge in [0.05, 0.1) is 23.4 Å². The van der Waals surface area contributed by atoms with E-state index in [2.05, 4.69) is 15.3 Å². The molecule has 0 aromatic carbocycles. The van der Waals surface area contributed by atoms with Gasteiger partial charge in [-0.3, -0.25) is 10.1 Å². The molecule has 0 spiro atoms. The van der Waals surface area contributed by atoms with Crippen LogP contribution in [-0.4, -0.2) is 33.6 Å². The molecule has 0 aliphatic carbocycles. The molecule has 0 fully saturated rings. The van der Waals surface area contributed by atoms with Gasteiger partial charge in [0.25, 0.3) is 0 Å². The van der Waals surface area contributed by atoms with Crippen molar-refractivity contribution in [3.8, 4) is 0 Å². The van der Waals surface area contributed by atoms with E-state index < -0.39 is 4.92 Å². The minimum absolute atomic E-state index is 0.0231. The van der Waals surface area contributed by atoms with Crippen LogP contribution in [0, 0.1) is 17.0 Å². The van der Waals surface area contributed by atoms with Gasteiger partial charge in [-0.05, 0) is 12.5 Å². The maximum absolute atomic E-state index is 11.0. The maximum Gasteiger partial charge on any atom is 0.311 e. The lowest BCUT2D eigenvalue weighted by atomic mass is 10.3. The van der Waals surface area contributed by atoms with Crippen LogP contribution in [0.5, 0.6) is 0 Å². The van der Waals surface area contributed by atoms with Gasteiger partial charge in [-0.25, -0.2) is 9.97 Å². The Balaban J connectivity index is 2.19. The summed E-state index contributed by atoms with van der Waals surface area (Å²) in [6.45, 7) is 2.18. The number of nitrogens with zero attached hydrogens (tertiary/aromatic N) is 5. The second kappa shape index (κ2) is 5.78. The van der Waals surface area contributed by atoms with Gasteiger partial charge >= 0.3 is 5.69 Å². The zero-order chi connectivity index (χ0) is 15.6. The second-order valence-electron chi connectivity index (χ2n) is 4.99. The number of imidazole rings is 1. The lowest BCUT2D eigenvalue weighted by molar-refractivity contribution is -0.384. The van der Waals surface area contributed by atoms with E-state index in [-0.39, 0.29) is 11.5 Å². The molecule has 2 heterocycles. The monoisotopic (exact) mass is 290 g/mol. The largest absolute Gasteiger partial charge is 0.359 e. The van der Waals surface area contributed by atoms with Crippen molar-refractivity contribution >= 4 is 17.5 Å². The van der Waals surface area contributed by atoms with Gasteiger partial charge in [0.2, 0.25) is 11.8 Å². The van der Waals surface area contributed by atoms with Gasteiger partial charge in [0, 0.05) is 33.4 Å². The van der Waals surface area contributed by atoms with E-state index in [1.165, 1.54) is 6.07 Å². The van der Waals surface area contributed by atoms with Crippen LogP contribution in [-0.2, 0) is 13.6 Å². The molecule has 0 atom stereocenters. The molecule has 0 bridgehead atoms. The predicted molar refractivity (Wildman–Crippen MR) is 80.5 cm³/mol. The smallest absolute Gasteiger partial charge is 0.311 e. The minimum Gasteiger partial charge on any atom is -0.359 e. The Morgan fingerprint density at radius 1 is 1.38 bits per heavy atom. The molecular weight excluding hydrogens is 272 g/mol. The molecule has 8 nitrogen and oxygen atoms in total. The summed E-state index contributed by atoms with van der Waals surface area (Å²) >= 11 is 0. The molecule has 8 heteroatoms. The zero-order valence-electron chi connectivity index (χ0n) is 12.5. The van der Waals surface area contributed by atoms with Crippen molar-refractivity contribution in [2.24, 2.45) is 7.05 Å². The SMILES string of the molecule is Cc1cnc(NCc2cnc(N(C)C)n2C)c([N+](=O)[O-])c1. The average Bonchev–Trinajstić information content (AvgIpc) is 2.78. The third-order valence-corrected chi connectivity index (χ3v) is 3.10. The van der Waals surface area contributed by atoms with Crippen molar-refractivity contribution in [1.29, 1.82) is 0 Å². The fourth-order valence-electron chi connectivity index (χ4n) is 2.02. The molecule has 0 aliphatic rings. The normalized spacial score (nSPS) is 10.5. The summed E-state index contributed by atoms with van der Waals surface area (Å²) in [5, 5.41) is 14.0. The number of aryl methyl sites for hydroxylation is 1. The van der Waals surface area contributed by atoms with Gasteiger partial charge in [0.15, 0.2) is 0 Å². The highest BCUT2D eigenvalue weighted by atomic mass is 16.6. The number of pyridine rings is 1. The molecule has 0 saturated heterocycles. The van der Waals surface area contributed by atoms with Crippen molar-refractivity contribution in [2.45, 2.75) is 13.5 Å². The molecule has 0 amide bonds. The minimum atomic E-state index is -0.434. The number of hydrogen-bond acceptors (Lipinski definition) is 6. The second-order valence-corrected chi connectivity index (χ2v) is 4.99. The predicted octanol–water partition coefficient (Wildman–Crippen LogP) is 1.71. The van der Waals surface area contributed by atoms with E-state index in [9.17, 15) is 10.1 Å². The molecule has 2 aromatic rings. The van der Waals surface area contributed by atoms with Crippen molar-refractivity contribution in [1.82, 2.24) is 14.5 Å². The van der Waals surface area contributed by atoms with Crippen LogP contribution in [0.25, 0.3) is 0 Å². The fraction of sp³-hybridized carbons (Fsp3) is 0.385. The Morgan fingerprint density at radius 2 is 2.10 bits per heavy atom. The Hall–Kier alpha value is -2.64. The first-order valence-corrected chi connectivity index (χ1v) is 6.43. The Labute approximate surface area is 122 Å². The molecule has 21 heavy (non-hydrogen) atoms. The summed E-state index contributed by atoms with van der Waals surface area (Å²) in [5.74, 6) is 1.08. The summed E-state index contributed by atoms with van der Waals surface area (Å²) in [5.41, 5.74) is 1.64. The van der Waals surface area contributed by atoms with E-state index in [1.54, 1.807) is 19.3 Å². The zero-order valence-corrected chi connectivity index (χ0v) is 12.5. The molecule has 0 saturated carbocycles.